The van der Waals surface area contributed by atoms with Gasteiger partial charge in [0.05, 0.1) is 50.8 Å². The van der Waals surface area contributed by atoms with Crippen molar-refractivity contribution in [1.29, 1.82) is 0 Å². The normalized spacial score (nSPS) is 28.0. The highest BCUT2D eigenvalue weighted by molar-refractivity contribution is 6.02. The van der Waals surface area contributed by atoms with Gasteiger partial charge in [-0.05, 0) is 49.7 Å². The highest BCUT2D eigenvalue weighted by Gasteiger charge is 2.53. The van der Waals surface area contributed by atoms with Crippen molar-refractivity contribution >= 4 is 5.71 Å². The summed E-state index contributed by atoms with van der Waals surface area (Å²) in [4.78, 5) is 1.66. The lowest BCUT2D eigenvalue weighted by molar-refractivity contribution is -0.929. The summed E-state index contributed by atoms with van der Waals surface area (Å²) in [6.45, 7) is 6.86. The van der Waals surface area contributed by atoms with Gasteiger partial charge < -0.3 is 14.4 Å². The Morgan fingerprint density at radius 2 is 1.83 bits per heavy atom. The second-order valence-electron chi connectivity index (χ2n) is 8.74. The summed E-state index contributed by atoms with van der Waals surface area (Å²) < 4.78 is 12.0. The lowest BCUT2D eigenvalue weighted by Crippen LogP contribution is -3.16. The monoisotopic (exact) mass is 392 g/mol. The van der Waals surface area contributed by atoms with Crippen molar-refractivity contribution in [2.75, 3.05) is 20.2 Å². The molecule has 0 radical (unpaired) electrons. The number of likely N-dealkylation sites (tertiary alicyclic amines) is 1. The predicted molar refractivity (Wildman–Crippen MR) is 114 cm³/mol. The number of nitrogens with one attached hydrogen (secondary N) is 1. The number of piperidine rings is 1. The summed E-state index contributed by atoms with van der Waals surface area (Å²) in [5, 5.41) is 7.45. The fraction of sp³-hybridized carbons (Fsp3) is 0.458. The van der Waals surface area contributed by atoms with Crippen molar-refractivity contribution < 1.29 is 14.4 Å². The molecule has 1 fully saturated rings. The summed E-state index contributed by atoms with van der Waals surface area (Å²) in [7, 11) is 1.70. The lowest BCUT2D eigenvalue weighted by Gasteiger charge is -2.50. The van der Waals surface area contributed by atoms with Gasteiger partial charge in [-0.3, -0.25) is 0 Å². The van der Waals surface area contributed by atoms with E-state index < -0.39 is 0 Å². The van der Waals surface area contributed by atoms with Crippen LogP contribution in [0.2, 0.25) is 0 Å². The minimum Gasteiger partial charge on any atom is -0.497 e. The van der Waals surface area contributed by atoms with Gasteiger partial charge in [0.1, 0.15) is 11.5 Å². The zero-order chi connectivity index (χ0) is 20.0. The standard InChI is InChI=1S/C24H29N3O2/c1-17(2)26-14-12-24(13-15-26)27-22(20-6-4-5-7-23(20)29-24)16-21(25-27)18-8-10-19(28-3)11-9-18/h4-11,17,22H,12-16H2,1-3H3/p+1/t22-/m1/s1. The maximum atomic E-state index is 6.71. The molecule has 3 heterocycles. The molecule has 1 saturated heterocycles. The van der Waals surface area contributed by atoms with Gasteiger partial charge in [0.2, 0.25) is 5.72 Å². The minimum atomic E-state index is -0.328. The van der Waals surface area contributed by atoms with Crippen molar-refractivity contribution in [3.8, 4) is 11.5 Å². The molecule has 5 rings (SSSR count). The fourth-order valence-corrected chi connectivity index (χ4v) is 5.06. The topological polar surface area (TPSA) is 38.5 Å². The lowest BCUT2D eigenvalue weighted by atomic mass is 9.90. The third kappa shape index (κ3) is 3.08. The molecule has 0 bridgehead atoms. The highest BCUT2D eigenvalue weighted by atomic mass is 16.5. The van der Waals surface area contributed by atoms with Crippen LogP contribution in [0.5, 0.6) is 11.5 Å². The summed E-state index contributed by atoms with van der Waals surface area (Å²) in [5.41, 5.74) is 3.23. The number of rotatable bonds is 3. The summed E-state index contributed by atoms with van der Waals surface area (Å²) >= 11 is 0. The number of benzene rings is 2. The van der Waals surface area contributed by atoms with Gasteiger partial charge in [-0.2, -0.15) is 5.10 Å². The highest BCUT2D eigenvalue weighted by Crippen LogP contribution is 2.49. The molecule has 0 aromatic heterocycles. The average molecular weight is 393 g/mol. The molecule has 0 amide bonds. The molecule has 3 aliphatic rings. The van der Waals surface area contributed by atoms with E-state index in [0.717, 1.165) is 55.1 Å². The number of quaternary nitrogens is 1. The second kappa shape index (κ2) is 7.06. The Kier molecular flexibility index (Phi) is 4.50. The van der Waals surface area contributed by atoms with Crippen LogP contribution in [0.15, 0.2) is 53.6 Å². The Morgan fingerprint density at radius 1 is 1.10 bits per heavy atom. The SMILES string of the molecule is COc1ccc(C2=NN3[C@H](C2)c2ccccc2OC32CC[NH+](C(C)C)CC2)cc1. The average Bonchev–Trinajstić information content (AvgIpc) is 3.21. The molecule has 0 aliphatic carbocycles. The first-order chi connectivity index (χ1) is 14.1. The molecule has 1 N–H and O–H groups in total. The number of hydrazone groups is 1. The summed E-state index contributed by atoms with van der Waals surface area (Å²) in [6, 6.07) is 17.7. The number of hydrogen-bond donors (Lipinski definition) is 1. The first-order valence-corrected chi connectivity index (χ1v) is 10.7. The Labute approximate surface area is 172 Å². The second-order valence-corrected chi connectivity index (χ2v) is 8.74. The molecular formula is C24H30N3O2+. The van der Waals surface area contributed by atoms with Crippen LogP contribution in [0.25, 0.3) is 0 Å². The maximum absolute atomic E-state index is 6.71. The van der Waals surface area contributed by atoms with Crippen LogP contribution < -0.4 is 14.4 Å². The van der Waals surface area contributed by atoms with E-state index in [2.05, 4.69) is 55.3 Å². The van der Waals surface area contributed by atoms with E-state index in [1.807, 2.05) is 12.1 Å². The fourth-order valence-electron chi connectivity index (χ4n) is 5.06. The number of ether oxygens (including phenoxy) is 2. The Hall–Kier alpha value is -2.53. The summed E-state index contributed by atoms with van der Waals surface area (Å²) in [6.07, 6.45) is 2.92. The van der Waals surface area contributed by atoms with Crippen LogP contribution in [0.3, 0.4) is 0 Å². The van der Waals surface area contributed by atoms with Gasteiger partial charge in [-0.15, -0.1) is 0 Å². The van der Waals surface area contributed by atoms with E-state index in [1.54, 1.807) is 12.0 Å². The predicted octanol–water partition coefficient (Wildman–Crippen LogP) is 3.02. The summed E-state index contributed by atoms with van der Waals surface area (Å²) in [5.74, 6) is 1.91. The molecule has 3 aliphatic heterocycles. The molecule has 5 heteroatoms. The molecule has 2 aromatic rings. The third-order valence-electron chi connectivity index (χ3n) is 6.82. The van der Waals surface area contributed by atoms with Crippen molar-refractivity contribution in [3.05, 3.63) is 59.7 Å². The molecule has 1 atom stereocenters. The van der Waals surface area contributed by atoms with Gasteiger partial charge in [-0.25, -0.2) is 5.01 Å². The van der Waals surface area contributed by atoms with Crippen LogP contribution in [0.4, 0.5) is 0 Å². The van der Waals surface area contributed by atoms with Crippen LogP contribution >= 0.6 is 0 Å². The number of hydrogen-bond acceptors (Lipinski definition) is 4. The Balaban J connectivity index is 1.51. The number of para-hydroxylation sites is 1. The van der Waals surface area contributed by atoms with Crippen molar-refractivity contribution in [2.24, 2.45) is 5.10 Å². The van der Waals surface area contributed by atoms with Crippen molar-refractivity contribution in [3.63, 3.8) is 0 Å². The van der Waals surface area contributed by atoms with E-state index in [9.17, 15) is 0 Å². The van der Waals surface area contributed by atoms with Gasteiger partial charge >= 0.3 is 0 Å². The molecule has 0 saturated carbocycles. The molecule has 5 nitrogen and oxygen atoms in total. The largest absolute Gasteiger partial charge is 0.497 e. The quantitative estimate of drug-likeness (QED) is 0.873. The van der Waals surface area contributed by atoms with Gasteiger partial charge in [0.25, 0.3) is 0 Å². The number of methoxy groups -OCH3 is 1. The molecule has 0 unspecified atom stereocenters. The van der Waals surface area contributed by atoms with Crippen molar-refractivity contribution in [1.82, 2.24) is 5.01 Å². The van der Waals surface area contributed by atoms with Gasteiger partial charge in [0.15, 0.2) is 0 Å². The van der Waals surface area contributed by atoms with E-state index in [4.69, 9.17) is 14.6 Å². The van der Waals surface area contributed by atoms with Gasteiger partial charge in [-0.1, -0.05) is 18.2 Å². The molecule has 2 aromatic carbocycles. The number of nitrogens with zero attached hydrogens (tertiary/aromatic N) is 2. The first kappa shape index (κ1) is 18.5. The van der Waals surface area contributed by atoms with Crippen LogP contribution in [-0.4, -0.2) is 42.7 Å². The third-order valence-corrected chi connectivity index (χ3v) is 6.82. The first-order valence-electron chi connectivity index (χ1n) is 10.7. The zero-order valence-corrected chi connectivity index (χ0v) is 17.5. The maximum Gasteiger partial charge on any atom is 0.208 e. The zero-order valence-electron chi connectivity index (χ0n) is 17.5. The molecule has 152 valence electrons. The Bertz CT molecular complexity index is 914. The van der Waals surface area contributed by atoms with E-state index in [-0.39, 0.29) is 11.8 Å². The van der Waals surface area contributed by atoms with Crippen LogP contribution in [-0.2, 0) is 0 Å². The van der Waals surface area contributed by atoms with E-state index >= 15 is 0 Å². The molecular weight excluding hydrogens is 362 g/mol. The van der Waals surface area contributed by atoms with Crippen LogP contribution in [0.1, 0.15) is 50.3 Å². The van der Waals surface area contributed by atoms with E-state index in [1.165, 1.54) is 5.56 Å². The molecule has 29 heavy (non-hydrogen) atoms. The smallest absolute Gasteiger partial charge is 0.208 e. The van der Waals surface area contributed by atoms with Crippen molar-refractivity contribution in [2.45, 2.75) is 50.9 Å². The van der Waals surface area contributed by atoms with Crippen LogP contribution in [0, 0.1) is 0 Å². The van der Waals surface area contributed by atoms with E-state index in [0.29, 0.717) is 6.04 Å². The minimum absolute atomic E-state index is 0.248. The number of fused-ring (bicyclic) bond motifs is 4. The molecule has 1 spiro atoms. The van der Waals surface area contributed by atoms with Gasteiger partial charge in [0, 0.05) is 12.0 Å². The Morgan fingerprint density at radius 3 is 2.52 bits per heavy atom.